The minimum atomic E-state index is -4.97. The predicted molar refractivity (Wildman–Crippen MR) is 98.9 cm³/mol. The first-order valence-electron chi connectivity index (χ1n) is 9.44. The summed E-state index contributed by atoms with van der Waals surface area (Å²) >= 11 is 0. The van der Waals surface area contributed by atoms with Crippen LogP contribution in [0.4, 0.5) is 31.1 Å². The van der Waals surface area contributed by atoms with Crippen LogP contribution in [0.1, 0.15) is 35.4 Å². The molecule has 3 rings (SSSR count). The molecular weight excluding hydrogens is 468 g/mol. The Kier molecular flexibility index (Phi) is 6.23. The number of hydrogen-bond donors (Lipinski definition) is 1. The lowest BCUT2D eigenvalue weighted by atomic mass is 9.88. The maximum absolute atomic E-state index is 13.1. The maximum atomic E-state index is 13.1. The zero-order valence-electron chi connectivity index (χ0n) is 16.6. The molecule has 1 aromatic carbocycles. The molecule has 178 valence electrons. The van der Waals surface area contributed by atoms with Gasteiger partial charge in [-0.15, -0.1) is 0 Å². The summed E-state index contributed by atoms with van der Waals surface area (Å²) in [6.45, 7) is -0.285. The number of nitrogens with zero attached hydrogens (tertiary/aromatic N) is 2. The summed E-state index contributed by atoms with van der Waals surface area (Å²) in [7, 11) is -2.74. The van der Waals surface area contributed by atoms with Crippen molar-refractivity contribution in [3.8, 4) is 0 Å². The second-order valence-corrected chi connectivity index (χ2v) is 9.73. The van der Waals surface area contributed by atoms with E-state index in [1.807, 2.05) is 5.32 Å². The molecule has 0 aliphatic carbocycles. The number of carbonyl (C=O) groups is 2. The van der Waals surface area contributed by atoms with Crippen molar-refractivity contribution in [1.29, 1.82) is 0 Å². The Balaban J connectivity index is 1.75. The van der Waals surface area contributed by atoms with E-state index in [9.17, 15) is 44.3 Å². The number of imide groups is 1. The van der Waals surface area contributed by atoms with Gasteiger partial charge in [-0.1, -0.05) is 0 Å². The number of halogens is 6. The van der Waals surface area contributed by atoms with Crippen LogP contribution in [0.5, 0.6) is 0 Å². The molecule has 32 heavy (non-hydrogen) atoms. The van der Waals surface area contributed by atoms with E-state index in [1.165, 1.54) is 7.05 Å². The van der Waals surface area contributed by atoms with Crippen molar-refractivity contribution < 1.29 is 44.3 Å². The number of sulfonamides is 1. The van der Waals surface area contributed by atoms with Crippen molar-refractivity contribution in [3.05, 3.63) is 34.9 Å². The van der Waals surface area contributed by atoms with Crippen LogP contribution in [0.2, 0.25) is 0 Å². The van der Waals surface area contributed by atoms with Crippen molar-refractivity contribution in [2.75, 3.05) is 25.9 Å². The molecule has 0 saturated carbocycles. The molecule has 3 amide bonds. The highest BCUT2D eigenvalue weighted by Crippen LogP contribution is 2.39. The van der Waals surface area contributed by atoms with Crippen LogP contribution in [0.3, 0.4) is 0 Å². The molecule has 2 aliphatic heterocycles. The van der Waals surface area contributed by atoms with Gasteiger partial charge in [0.15, 0.2) is 0 Å². The number of urea groups is 1. The van der Waals surface area contributed by atoms with Crippen LogP contribution < -0.4 is 5.32 Å². The van der Waals surface area contributed by atoms with E-state index < -0.39 is 63.2 Å². The monoisotopic (exact) mass is 487 g/mol. The number of nitrogens with one attached hydrogen (secondary N) is 1. The second kappa shape index (κ2) is 8.21. The van der Waals surface area contributed by atoms with Gasteiger partial charge in [0.25, 0.3) is 5.91 Å². The van der Waals surface area contributed by atoms with Crippen LogP contribution in [0.25, 0.3) is 0 Å². The summed E-state index contributed by atoms with van der Waals surface area (Å²) < 4.78 is 105. The van der Waals surface area contributed by atoms with E-state index in [2.05, 4.69) is 0 Å². The molecule has 7 nitrogen and oxygen atoms in total. The van der Waals surface area contributed by atoms with Gasteiger partial charge in [0, 0.05) is 20.1 Å². The van der Waals surface area contributed by atoms with Crippen molar-refractivity contribution >= 4 is 22.0 Å². The first kappa shape index (κ1) is 24.3. The molecule has 14 heteroatoms. The van der Waals surface area contributed by atoms with Crippen LogP contribution in [0.15, 0.2) is 18.2 Å². The number of hydrogen-bond acceptors (Lipinski definition) is 4. The van der Waals surface area contributed by atoms with Crippen molar-refractivity contribution in [2.24, 2.45) is 0 Å². The quantitative estimate of drug-likeness (QED) is 0.523. The molecule has 0 bridgehead atoms. The summed E-state index contributed by atoms with van der Waals surface area (Å²) in [6.07, 6.45) is -9.93. The smallest absolute Gasteiger partial charge is 0.314 e. The number of amides is 3. The fourth-order valence-electron chi connectivity index (χ4n) is 3.77. The topological polar surface area (TPSA) is 86.8 Å². The summed E-state index contributed by atoms with van der Waals surface area (Å²) in [5.74, 6) is -2.14. The zero-order chi connectivity index (χ0) is 24.1. The highest BCUT2D eigenvalue weighted by Gasteiger charge is 2.42. The highest BCUT2D eigenvalue weighted by molar-refractivity contribution is 7.89. The molecule has 0 unspecified atom stereocenters. The summed E-state index contributed by atoms with van der Waals surface area (Å²) in [4.78, 5) is 24.2. The Bertz CT molecular complexity index is 984. The van der Waals surface area contributed by atoms with E-state index in [4.69, 9.17) is 0 Å². The lowest BCUT2D eigenvalue weighted by Gasteiger charge is -2.32. The molecule has 0 aromatic heterocycles. The summed E-state index contributed by atoms with van der Waals surface area (Å²) in [5, 5.41) is 1.99. The van der Waals surface area contributed by atoms with Gasteiger partial charge >= 0.3 is 18.4 Å². The average molecular weight is 487 g/mol. The summed E-state index contributed by atoms with van der Waals surface area (Å²) in [6, 6.07) is -0.587. The molecular formula is C18H19F6N3O4S. The fourth-order valence-corrected chi connectivity index (χ4v) is 5.52. The number of alkyl halides is 6. The number of piperidine rings is 1. The van der Waals surface area contributed by atoms with Gasteiger partial charge in [-0.25, -0.2) is 17.5 Å². The van der Waals surface area contributed by atoms with Crippen molar-refractivity contribution in [3.63, 3.8) is 0 Å². The normalized spacial score (nSPS) is 21.8. The van der Waals surface area contributed by atoms with Gasteiger partial charge in [0.2, 0.25) is 10.0 Å². The first-order chi connectivity index (χ1) is 14.6. The van der Waals surface area contributed by atoms with Gasteiger partial charge in [0.1, 0.15) is 6.04 Å². The minimum absolute atomic E-state index is 0.00344. The molecule has 0 spiro atoms. The molecule has 2 aliphatic rings. The van der Waals surface area contributed by atoms with Gasteiger partial charge in [0.05, 0.1) is 16.9 Å². The molecule has 2 fully saturated rings. The van der Waals surface area contributed by atoms with E-state index in [0.717, 1.165) is 9.21 Å². The Hall–Kier alpha value is -2.35. The Morgan fingerprint density at radius 2 is 1.47 bits per heavy atom. The number of benzene rings is 1. The fraction of sp³-hybridized carbons (Fsp3) is 0.556. The SMILES string of the molecule is CN1C(=O)NC(=O)[C@H]1CS(=O)(=O)N1CCC(c2cc(C(F)(F)F)cc(C(F)(F)F)c2)CC1. The molecule has 1 aromatic rings. The van der Waals surface area contributed by atoms with E-state index >= 15 is 0 Å². The molecule has 1 atom stereocenters. The standard InChI is InChI=1S/C18H19F6N3O4S/c1-26-14(15(28)25-16(26)29)9-32(30,31)27-4-2-10(3-5-27)11-6-12(17(19,20)21)8-13(7-11)18(22,23)24/h6-8,10,14H,2-5,9H2,1H3,(H,25,28,29)/t14-/m1/s1. The third-order valence-corrected chi connectivity index (χ3v) is 7.51. The van der Waals surface area contributed by atoms with Crippen LogP contribution in [-0.2, 0) is 27.2 Å². The van der Waals surface area contributed by atoms with Crippen molar-refractivity contribution in [2.45, 2.75) is 37.2 Å². The average Bonchev–Trinajstić information content (AvgIpc) is 2.92. The molecule has 2 heterocycles. The van der Waals surface area contributed by atoms with Crippen molar-refractivity contribution in [1.82, 2.24) is 14.5 Å². The number of likely N-dealkylation sites (N-methyl/N-ethyl adjacent to an activating group) is 1. The lowest BCUT2D eigenvalue weighted by Crippen LogP contribution is -2.45. The van der Waals surface area contributed by atoms with Gasteiger partial charge in [-0.05, 0) is 42.5 Å². The Morgan fingerprint density at radius 3 is 1.88 bits per heavy atom. The molecule has 2 saturated heterocycles. The zero-order valence-corrected chi connectivity index (χ0v) is 17.4. The van der Waals surface area contributed by atoms with E-state index in [-0.39, 0.29) is 37.6 Å². The minimum Gasteiger partial charge on any atom is -0.314 e. The number of carbonyl (C=O) groups excluding carboxylic acids is 2. The molecule has 0 radical (unpaired) electrons. The third kappa shape index (κ3) is 5.00. The summed E-state index contributed by atoms with van der Waals surface area (Å²) in [5.41, 5.74) is -3.00. The van der Waals surface area contributed by atoms with Crippen LogP contribution in [-0.4, -0.2) is 61.5 Å². The van der Waals surface area contributed by atoms with Crippen LogP contribution in [0, 0.1) is 0 Å². The highest BCUT2D eigenvalue weighted by atomic mass is 32.2. The maximum Gasteiger partial charge on any atom is 0.416 e. The van der Waals surface area contributed by atoms with E-state index in [1.54, 1.807) is 0 Å². The molecule has 1 N–H and O–H groups in total. The third-order valence-electron chi connectivity index (χ3n) is 5.62. The number of rotatable bonds is 4. The van der Waals surface area contributed by atoms with Crippen LogP contribution >= 0.6 is 0 Å². The lowest BCUT2D eigenvalue weighted by molar-refractivity contribution is -0.143. The Labute approximate surface area is 179 Å². The largest absolute Gasteiger partial charge is 0.416 e. The second-order valence-electron chi connectivity index (χ2n) is 7.71. The van der Waals surface area contributed by atoms with Gasteiger partial charge in [-0.2, -0.15) is 26.3 Å². The Morgan fingerprint density at radius 1 is 0.969 bits per heavy atom. The van der Waals surface area contributed by atoms with E-state index in [0.29, 0.717) is 12.1 Å². The van der Waals surface area contributed by atoms with Gasteiger partial charge < -0.3 is 4.90 Å². The first-order valence-corrected chi connectivity index (χ1v) is 11.1. The predicted octanol–water partition coefficient (Wildman–Crippen LogP) is 2.78. The van der Waals surface area contributed by atoms with Gasteiger partial charge in [-0.3, -0.25) is 10.1 Å².